The SMILES string of the molecule is CCCCC(N)C(=O)N(C)C(C)C(=O)O. The number of aliphatic carboxylic acids is 1. The third kappa shape index (κ3) is 4.29. The molecule has 2 unspecified atom stereocenters. The summed E-state index contributed by atoms with van der Waals surface area (Å²) in [5.41, 5.74) is 5.66. The molecule has 3 N–H and O–H groups in total. The molecule has 0 bridgehead atoms. The Balaban J connectivity index is 4.24. The van der Waals surface area contributed by atoms with Gasteiger partial charge >= 0.3 is 5.97 Å². The molecule has 0 heterocycles. The minimum absolute atomic E-state index is 0.307. The Labute approximate surface area is 90.2 Å². The highest BCUT2D eigenvalue weighted by Gasteiger charge is 2.25. The second kappa shape index (κ2) is 6.40. The van der Waals surface area contributed by atoms with Crippen molar-refractivity contribution in [3.63, 3.8) is 0 Å². The number of amides is 1. The normalized spacial score (nSPS) is 14.4. The fourth-order valence-corrected chi connectivity index (χ4v) is 1.17. The van der Waals surface area contributed by atoms with Crippen LogP contribution in [-0.2, 0) is 9.59 Å². The number of likely N-dealkylation sites (N-methyl/N-ethyl adjacent to an activating group) is 1. The maximum Gasteiger partial charge on any atom is 0.326 e. The van der Waals surface area contributed by atoms with E-state index in [2.05, 4.69) is 0 Å². The zero-order chi connectivity index (χ0) is 12.0. The van der Waals surface area contributed by atoms with E-state index in [0.29, 0.717) is 6.42 Å². The van der Waals surface area contributed by atoms with Crippen LogP contribution in [0.25, 0.3) is 0 Å². The van der Waals surface area contributed by atoms with Gasteiger partial charge < -0.3 is 15.7 Å². The summed E-state index contributed by atoms with van der Waals surface area (Å²) in [4.78, 5) is 23.5. The lowest BCUT2D eigenvalue weighted by Gasteiger charge is -2.24. The highest BCUT2D eigenvalue weighted by Crippen LogP contribution is 2.04. The maximum absolute atomic E-state index is 11.6. The first-order valence-corrected chi connectivity index (χ1v) is 5.16. The first-order valence-electron chi connectivity index (χ1n) is 5.16. The number of carbonyl (C=O) groups excluding carboxylic acids is 1. The number of hydrogen-bond donors (Lipinski definition) is 2. The van der Waals surface area contributed by atoms with Crippen LogP contribution in [0.2, 0.25) is 0 Å². The molecule has 0 saturated heterocycles. The number of hydrogen-bond acceptors (Lipinski definition) is 3. The summed E-state index contributed by atoms with van der Waals surface area (Å²) in [7, 11) is 1.47. The van der Waals surface area contributed by atoms with E-state index in [9.17, 15) is 9.59 Å². The predicted molar refractivity (Wildman–Crippen MR) is 57.4 cm³/mol. The second-order valence-electron chi connectivity index (χ2n) is 3.71. The van der Waals surface area contributed by atoms with Gasteiger partial charge in [0.2, 0.25) is 5.91 Å². The molecule has 0 aliphatic heterocycles. The van der Waals surface area contributed by atoms with Gasteiger partial charge in [-0.1, -0.05) is 19.8 Å². The number of unbranched alkanes of at least 4 members (excludes halogenated alkanes) is 1. The van der Waals surface area contributed by atoms with Crippen LogP contribution in [0.3, 0.4) is 0 Å². The average molecular weight is 216 g/mol. The van der Waals surface area contributed by atoms with Gasteiger partial charge in [0.15, 0.2) is 0 Å². The van der Waals surface area contributed by atoms with Crippen LogP contribution >= 0.6 is 0 Å². The fourth-order valence-electron chi connectivity index (χ4n) is 1.17. The molecule has 0 aromatic carbocycles. The van der Waals surface area contributed by atoms with E-state index in [0.717, 1.165) is 12.8 Å². The Bertz CT molecular complexity index is 231. The van der Waals surface area contributed by atoms with Gasteiger partial charge in [-0.25, -0.2) is 4.79 Å². The highest BCUT2D eigenvalue weighted by molar-refractivity contribution is 5.86. The molecule has 0 radical (unpaired) electrons. The molecule has 88 valence electrons. The van der Waals surface area contributed by atoms with Crippen LogP contribution in [-0.4, -0.2) is 41.0 Å². The second-order valence-corrected chi connectivity index (χ2v) is 3.71. The topological polar surface area (TPSA) is 83.6 Å². The first kappa shape index (κ1) is 13.9. The summed E-state index contributed by atoms with van der Waals surface area (Å²) >= 11 is 0. The monoisotopic (exact) mass is 216 g/mol. The summed E-state index contributed by atoms with van der Waals surface area (Å²) in [6.45, 7) is 3.48. The Kier molecular flexibility index (Phi) is 5.93. The number of nitrogens with zero attached hydrogens (tertiary/aromatic N) is 1. The zero-order valence-corrected chi connectivity index (χ0v) is 9.56. The van der Waals surface area contributed by atoms with Crippen molar-refractivity contribution in [3.8, 4) is 0 Å². The van der Waals surface area contributed by atoms with E-state index in [4.69, 9.17) is 10.8 Å². The molecule has 0 aromatic heterocycles. The van der Waals surface area contributed by atoms with E-state index >= 15 is 0 Å². The van der Waals surface area contributed by atoms with E-state index in [1.165, 1.54) is 18.9 Å². The summed E-state index contributed by atoms with van der Waals surface area (Å²) in [6, 6.07) is -1.41. The largest absolute Gasteiger partial charge is 0.480 e. The van der Waals surface area contributed by atoms with Gasteiger partial charge in [-0.15, -0.1) is 0 Å². The average Bonchev–Trinajstić information content (AvgIpc) is 2.22. The summed E-state index contributed by atoms with van der Waals surface area (Å²) in [5, 5.41) is 8.72. The molecule has 0 rings (SSSR count). The van der Waals surface area contributed by atoms with Crippen molar-refractivity contribution in [3.05, 3.63) is 0 Å². The molecule has 1 amide bonds. The number of rotatable bonds is 6. The lowest BCUT2D eigenvalue weighted by Crippen LogP contribution is -2.48. The standard InChI is InChI=1S/C10H20N2O3/c1-4-5-6-8(11)9(13)12(3)7(2)10(14)15/h7-8H,4-6,11H2,1-3H3,(H,14,15). The van der Waals surface area contributed by atoms with Gasteiger partial charge in [0.1, 0.15) is 6.04 Å². The number of carboxylic acid groups (broad SMARTS) is 1. The summed E-state index contributed by atoms with van der Waals surface area (Å²) in [5.74, 6) is -1.33. The quantitative estimate of drug-likeness (QED) is 0.674. The van der Waals surface area contributed by atoms with Crippen LogP contribution in [0, 0.1) is 0 Å². The summed E-state index contributed by atoms with van der Waals surface area (Å²) < 4.78 is 0. The van der Waals surface area contributed by atoms with Gasteiger partial charge in [-0.2, -0.15) is 0 Å². The summed E-state index contributed by atoms with van der Waals surface area (Å²) in [6.07, 6.45) is 2.45. The molecular weight excluding hydrogens is 196 g/mol. The Hall–Kier alpha value is -1.10. The number of nitrogens with two attached hydrogens (primary N) is 1. The molecule has 2 atom stereocenters. The molecule has 0 spiro atoms. The molecule has 5 heteroatoms. The zero-order valence-electron chi connectivity index (χ0n) is 9.56. The smallest absolute Gasteiger partial charge is 0.326 e. The van der Waals surface area contributed by atoms with Crippen molar-refractivity contribution < 1.29 is 14.7 Å². The molecule has 0 aliphatic rings. The van der Waals surface area contributed by atoms with Crippen LogP contribution in [0.15, 0.2) is 0 Å². The lowest BCUT2D eigenvalue weighted by molar-refractivity contribution is -0.148. The minimum Gasteiger partial charge on any atom is -0.480 e. The van der Waals surface area contributed by atoms with Gasteiger partial charge in [0, 0.05) is 7.05 Å². The molecule has 15 heavy (non-hydrogen) atoms. The molecule has 0 saturated carbocycles. The van der Waals surface area contributed by atoms with Crippen molar-refractivity contribution in [2.45, 2.75) is 45.2 Å². The Morgan fingerprint density at radius 3 is 2.40 bits per heavy atom. The fraction of sp³-hybridized carbons (Fsp3) is 0.800. The minimum atomic E-state index is -1.02. The van der Waals surface area contributed by atoms with Gasteiger partial charge in [-0.3, -0.25) is 4.79 Å². The van der Waals surface area contributed by atoms with E-state index in [-0.39, 0.29) is 5.91 Å². The first-order chi connectivity index (χ1) is 6.91. The highest BCUT2D eigenvalue weighted by atomic mass is 16.4. The molecular formula is C10H20N2O3. The number of carbonyl (C=O) groups is 2. The van der Waals surface area contributed by atoms with Crippen molar-refractivity contribution in [1.82, 2.24) is 4.90 Å². The predicted octanol–water partition coefficient (Wildman–Crippen LogP) is 0.435. The van der Waals surface area contributed by atoms with Crippen molar-refractivity contribution in [1.29, 1.82) is 0 Å². The third-order valence-corrected chi connectivity index (χ3v) is 2.47. The van der Waals surface area contributed by atoms with Crippen LogP contribution in [0.1, 0.15) is 33.1 Å². The van der Waals surface area contributed by atoms with Gasteiger partial charge in [0.25, 0.3) is 0 Å². The van der Waals surface area contributed by atoms with Crippen LogP contribution in [0.4, 0.5) is 0 Å². The van der Waals surface area contributed by atoms with E-state index < -0.39 is 18.1 Å². The number of carboxylic acids is 1. The van der Waals surface area contributed by atoms with Crippen molar-refractivity contribution in [2.75, 3.05) is 7.05 Å². The maximum atomic E-state index is 11.6. The Morgan fingerprint density at radius 2 is 2.00 bits per heavy atom. The molecule has 0 aromatic rings. The van der Waals surface area contributed by atoms with Crippen LogP contribution < -0.4 is 5.73 Å². The Morgan fingerprint density at radius 1 is 1.47 bits per heavy atom. The van der Waals surface area contributed by atoms with Crippen LogP contribution in [0.5, 0.6) is 0 Å². The lowest BCUT2D eigenvalue weighted by atomic mass is 10.1. The molecule has 5 nitrogen and oxygen atoms in total. The van der Waals surface area contributed by atoms with Crippen molar-refractivity contribution in [2.24, 2.45) is 5.73 Å². The van der Waals surface area contributed by atoms with Gasteiger partial charge in [0.05, 0.1) is 6.04 Å². The molecule has 0 fully saturated rings. The van der Waals surface area contributed by atoms with Crippen molar-refractivity contribution >= 4 is 11.9 Å². The third-order valence-electron chi connectivity index (χ3n) is 2.47. The molecule has 0 aliphatic carbocycles. The van der Waals surface area contributed by atoms with E-state index in [1.807, 2.05) is 6.92 Å². The van der Waals surface area contributed by atoms with E-state index in [1.54, 1.807) is 0 Å². The van der Waals surface area contributed by atoms with Gasteiger partial charge in [-0.05, 0) is 13.3 Å².